The summed E-state index contributed by atoms with van der Waals surface area (Å²) in [6, 6.07) is 19.3. The first-order valence-electron chi connectivity index (χ1n) is 13.9. The Morgan fingerprint density at radius 1 is 1.02 bits per heavy atom. The Morgan fingerprint density at radius 2 is 1.86 bits per heavy atom. The number of ether oxygens (including phenoxy) is 1. The lowest BCUT2D eigenvalue weighted by molar-refractivity contribution is 0.0989. The van der Waals surface area contributed by atoms with Crippen molar-refractivity contribution >= 4 is 27.7 Å². The first kappa shape index (κ1) is 25.8. The monoisotopic (exact) mass is 589 g/mol. The van der Waals surface area contributed by atoms with Crippen molar-refractivity contribution in [2.24, 2.45) is 0 Å². The van der Waals surface area contributed by atoms with E-state index in [1.807, 2.05) is 10.6 Å². The van der Waals surface area contributed by atoms with Crippen molar-refractivity contribution in [1.82, 2.24) is 24.3 Å². The van der Waals surface area contributed by atoms with Crippen LogP contribution in [-0.2, 0) is 6.73 Å². The minimum absolute atomic E-state index is 0.166. The summed E-state index contributed by atoms with van der Waals surface area (Å²) in [7, 11) is 0. The lowest BCUT2D eigenvalue weighted by Crippen LogP contribution is -2.16. The maximum Gasteiger partial charge on any atom is 0.347 e. The van der Waals surface area contributed by atoms with Gasteiger partial charge in [-0.05, 0) is 60.7 Å². The summed E-state index contributed by atoms with van der Waals surface area (Å²) < 4.78 is 43.8. The molecule has 0 saturated carbocycles. The first-order valence-corrected chi connectivity index (χ1v) is 13.9. The van der Waals surface area contributed by atoms with Crippen LogP contribution in [0, 0.1) is 11.6 Å². The van der Waals surface area contributed by atoms with Gasteiger partial charge in [-0.3, -0.25) is 4.79 Å². The highest BCUT2D eigenvalue weighted by atomic mass is 19.1. The number of ketones is 1. The Balaban J connectivity index is 1.40. The smallest absolute Gasteiger partial charge is 0.347 e. The van der Waals surface area contributed by atoms with Crippen LogP contribution in [0.3, 0.4) is 0 Å². The van der Waals surface area contributed by atoms with Gasteiger partial charge in [0.15, 0.2) is 12.5 Å². The molecule has 1 aliphatic heterocycles. The molecular formula is C33H21F2N5O4. The van der Waals surface area contributed by atoms with Gasteiger partial charge in [0.25, 0.3) is 0 Å². The zero-order chi connectivity index (χ0) is 30.1. The molecule has 0 fully saturated rings. The predicted molar refractivity (Wildman–Crippen MR) is 159 cm³/mol. The Labute approximate surface area is 247 Å². The molecule has 1 aliphatic rings. The molecular weight excluding hydrogens is 568 g/mol. The van der Waals surface area contributed by atoms with Crippen LogP contribution in [-0.4, -0.2) is 30.1 Å². The van der Waals surface area contributed by atoms with Gasteiger partial charge < -0.3 is 13.7 Å². The number of fused-ring (bicyclic) bond motifs is 6. The van der Waals surface area contributed by atoms with Crippen LogP contribution in [0.25, 0.3) is 61.5 Å². The number of aromatic nitrogens is 5. The second-order valence-corrected chi connectivity index (χ2v) is 10.4. The molecule has 0 saturated heterocycles. The van der Waals surface area contributed by atoms with Crippen LogP contribution in [0.15, 0.2) is 88.3 Å². The summed E-state index contributed by atoms with van der Waals surface area (Å²) in [5, 5.41) is 7.27. The average Bonchev–Trinajstić information content (AvgIpc) is 3.75. The maximum absolute atomic E-state index is 14.7. The predicted octanol–water partition coefficient (Wildman–Crippen LogP) is 6.88. The van der Waals surface area contributed by atoms with Crippen molar-refractivity contribution in [3.63, 3.8) is 0 Å². The number of carbonyl (C=O) groups excluding carboxylic acids is 1. The zero-order valence-corrected chi connectivity index (χ0v) is 23.1. The fourth-order valence-corrected chi connectivity index (χ4v) is 5.83. The maximum atomic E-state index is 14.7. The molecule has 216 valence electrons. The van der Waals surface area contributed by atoms with Crippen LogP contribution < -0.4 is 10.4 Å². The van der Waals surface area contributed by atoms with Crippen LogP contribution in [0.5, 0.6) is 5.75 Å². The van der Waals surface area contributed by atoms with Gasteiger partial charge in [-0.2, -0.15) is 5.10 Å². The number of hydrogen-bond acceptors (Lipinski definition) is 6. The van der Waals surface area contributed by atoms with Crippen molar-refractivity contribution in [3.8, 4) is 45.4 Å². The largest absolute Gasteiger partial charge is 0.470 e. The zero-order valence-electron chi connectivity index (χ0n) is 23.1. The van der Waals surface area contributed by atoms with E-state index in [9.17, 15) is 18.4 Å². The minimum Gasteiger partial charge on any atom is -0.470 e. The van der Waals surface area contributed by atoms with Gasteiger partial charge in [-0.1, -0.05) is 13.0 Å². The molecule has 3 aromatic carbocycles. The SMILES string of the molecule is CCC(=O)c1c(-c2ccc(F)cc2)oc2cc(-n3cn[nH]c3=O)c(-c3ccc4c(n3)-c3cc5c(F)cccc5n3CO4)cc12. The number of rotatable bonds is 5. The van der Waals surface area contributed by atoms with E-state index < -0.39 is 11.5 Å². The van der Waals surface area contributed by atoms with Gasteiger partial charge in [0.2, 0.25) is 0 Å². The third-order valence-corrected chi connectivity index (χ3v) is 7.94. The fourth-order valence-electron chi connectivity index (χ4n) is 5.83. The van der Waals surface area contributed by atoms with Crippen molar-refractivity contribution < 1.29 is 22.7 Å². The second kappa shape index (κ2) is 9.60. The third-order valence-electron chi connectivity index (χ3n) is 7.94. The molecule has 8 rings (SSSR count). The number of hydrogen-bond donors (Lipinski definition) is 1. The van der Waals surface area contributed by atoms with E-state index in [1.54, 1.807) is 55.5 Å². The number of nitrogens with one attached hydrogen (secondary N) is 1. The van der Waals surface area contributed by atoms with E-state index in [0.29, 0.717) is 72.8 Å². The van der Waals surface area contributed by atoms with Gasteiger partial charge in [-0.15, -0.1) is 0 Å². The number of pyridine rings is 1. The molecule has 1 N–H and O–H groups in total. The number of benzene rings is 3. The minimum atomic E-state index is -0.488. The van der Waals surface area contributed by atoms with Crippen LogP contribution in [0.1, 0.15) is 23.7 Å². The number of H-pyrrole nitrogens is 1. The van der Waals surface area contributed by atoms with Crippen LogP contribution in [0.4, 0.5) is 8.78 Å². The number of aromatic amines is 1. The molecule has 0 aliphatic carbocycles. The molecule has 0 radical (unpaired) electrons. The molecule has 0 atom stereocenters. The van der Waals surface area contributed by atoms with E-state index in [0.717, 1.165) is 0 Å². The molecule has 5 heterocycles. The normalized spacial score (nSPS) is 12.3. The van der Waals surface area contributed by atoms with Crippen molar-refractivity contribution in [2.45, 2.75) is 20.1 Å². The summed E-state index contributed by atoms with van der Waals surface area (Å²) in [4.78, 5) is 31.1. The van der Waals surface area contributed by atoms with Crippen molar-refractivity contribution in [1.29, 1.82) is 0 Å². The number of nitrogens with zero attached hydrogens (tertiary/aromatic N) is 4. The van der Waals surface area contributed by atoms with Gasteiger partial charge in [0.1, 0.15) is 40.7 Å². The van der Waals surface area contributed by atoms with E-state index in [-0.39, 0.29) is 24.8 Å². The Bertz CT molecular complexity index is 2350. The summed E-state index contributed by atoms with van der Waals surface area (Å²) in [6.45, 7) is 1.95. The van der Waals surface area contributed by atoms with Gasteiger partial charge in [-0.25, -0.2) is 28.2 Å². The summed E-state index contributed by atoms with van der Waals surface area (Å²) in [6.07, 6.45) is 1.55. The summed E-state index contributed by atoms with van der Waals surface area (Å²) in [5.41, 5.74) is 3.99. The molecule has 44 heavy (non-hydrogen) atoms. The van der Waals surface area contributed by atoms with E-state index >= 15 is 0 Å². The van der Waals surface area contributed by atoms with E-state index in [4.69, 9.17) is 14.1 Å². The number of halogens is 2. The van der Waals surface area contributed by atoms with Crippen LogP contribution in [0.2, 0.25) is 0 Å². The standard InChI is InChI=1S/C33H21F2N5O4/c1-2-27(41)30-21-12-20(23-10-11-28-31(37-23)26-13-19-22(35)4-3-5-24(19)40(26)16-43-28)25(39-15-36-38-33(39)42)14-29(21)44-32(30)17-6-8-18(34)9-7-17/h3-15H,2,16H2,1H3,(H,38,42). The lowest BCUT2D eigenvalue weighted by Gasteiger charge is -2.21. The Hall–Kier alpha value is -5.84. The molecule has 0 unspecified atom stereocenters. The molecule has 0 spiro atoms. The highest BCUT2D eigenvalue weighted by Crippen LogP contribution is 2.42. The fraction of sp³-hybridized carbons (Fsp3) is 0.0909. The van der Waals surface area contributed by atoms with Crippen LogP contribution >= 0.6 is 0 Å². The lowest BCUT2D eigenvalue weighted by atomic mass is 9.97. The van der Waals surface area contributed by atoms with E-state index in [1.165, 1.54) is 29.1 Å². The van der Waals surface area contributed by atoms with Gasteiger partial charge in [0.05, 0.1) is 28.2 Å². The third kappa shape index (κ3) is 3.82. The summed E-state index contributed by atoms with van der Waals surface area (Å²) in [5.74, 6) is -0.106. The number of Topliss-reactive ketones (excluding diaryl/α,β-unsaturated/α-hetero) is 1. The molecule has 0 bridgehead atoms. The Kier molecular flexibility index (Phi) is 5.63. The quantitative estimate of drug-likeness (QED) is 0.219. The van der Waals surface area contributed by atoms with Crippen molar-refractivity contribution in [2.75, 3.05) is 0 Å². The first-order chi connectivity index (χ1) is 21.4. The van der Waals surface area contributed by atoms with Gasteiger partial charge >= 0.3 is 5.69 Å². The molecule has 7 aromatic rings. The summed E-state index contributed by atoms with van der Waals surface area (Å²) >= 11 is 0. The Morgan fingerprint density at radius 3 is 2.64 bits per heavy atom. The highest BCUT2D eigenvalue weighted by molar-refractivity contribution is 6.13. The average molecular weight is 590 g/mol. The molecule has 11 heteroatoms. The second-order valence-electron chi connectivity index (χ2n) is 10.4. The molecule has 4 aromatic heterocycles. The molecule has 0 amide bonds. The topological polar surface area (TPSA) is 108 Å². The van der Waals surface area contributed by atoms with Gasteiger partial charge in [0, 0.05) is 34.4 Å². The van der Waals surface area contributed by atoms with E-state index in [2.05, 4.69) is 10.2 Å². The number of furan rings is 1. The number of carbonyl (C=O) groups is 1. The highest BCUT2D eigenvalue weighted by Gasteiger charge is 2.27. The molecule has 9 nitrogen and oxygen atoms in total. The van der Waals surface area contributed by atoms with Crippen molar-refractivity contribution in [3.05, 3.63) is 107 Å².